The molecule has 41 heavy (non-hydrogen) atoms. The molecule has 2 amide bonds. The number of sulfonamides is 1. The number of ether oxygens (including phenoxy) is 1. The van der Waals surface area contributed by atoms with E-state index < -0.39 is 28.5 Å². The maximum absolute atomic E-state index is 14.0. The summed E-state index contributed by atoms with van der Waals surface area (Å²) in [5.41, 5.74) is 3.09. The van der Waals surface area contributed by atoms with Crippen molar-refractivity contribution in [2.24, 2.45) is 0 Å². The van der Waals surface area contributed by atoms with Crippen molar-refractivity contribution in [2.75, 3.05) is 17.5 Å². The van der Waals surface area contributed by atoms with Crippen molar-refractivity contribution in [1.82, 2.24) is 10.2 Å². The zero-order chi connectivity index (χ0) is 30.2. The average molecular weight is 580 g/mol. The minimum Gasteiger partial charge on any atom is -0.494 e. The van der Waals surface area contributed by atoms with Gasteiger partial charge in [0.15, 0.2) is 0 Å². The molecule has 2 atom stereocenters. The molecule has 9 heteroatoms. The molecule has 0 radical (unpaired) electrons. The molecule has 0 aliphatic rings. The second-order valence-electron chi connectivity index (χ2n) is 10.3. The predicted octanol–water partition coefficient (Wildman–Crippen LogP) is 5.23. The van der Waals surface area contributed by atoms with Gasteiger partial charge in [0.25, 0.3) is 10.0 Å². The largest absolute Gasteiger partial charge is 0.494 e. The molecule has 0 aliphatic heterocycles. The first-order valence-electron chi connectivity index (χ1n) is 13.9. The van der Waals surface area contributed by atoms with Gasteiger partial charge in [-0.3, -0.25) is 13.9 Å². The Morgan fingerprint density at radius 2 is 1.56 bits per heavy atom. The topological polar surface area (TPSA) is 96.0 Å². The van der Waals surface area contributed by atoms with Crippen LogP contribution in [0.5, 0.6) is 5.75 Å². The van der Waals surface area contributed by atoms with Crippen LogP contribution >= 0.6 is 0 Å². The van der Waals surface area contributed by atoms with E-state index in [4.69, 9.17) is 4.74 Å². The van der Waals surface area contributed by atoms with Gasteiger partial charge in [0.2, 0.25) is 11.8 Å². The summed E-state index contributed by atoms with van der Waals surface area (Å²) >= 11 is 0. The maximum Gasteiger partial charge on any atom is 0.264 e. The minimum absolute atomic E-state index is 0.0665. The highest BCUT2D eigenvalue weighted by molar-refractivity contribution is 7.92. The molecule has 0 spiro atoms. The van der Waals surface area contributed by atoms with Crippen molar-refractivity contribution < 1.29 is 22.7 Å². The van der Waals surface area contributed by atoms with E-state index in [2.05, 4.69) is 5.32 Å². The number of nitrogens with zero attached hydrogens (tertiary/aromatic N) is 2. The molecule has 8 nitrogen and oxygen atoms in total. The van der Waals surface area contributed by atoms with E-state index in [1.54, 1.807) is 43.3 Å². The molecular formula is C32H41N3O5S. The molecule has 0 saturated heterocycles. The van der Waals surface area contributed by atoms with Crippen LogP contribution in [0.3, 0.4) is 0 Å². The molecule has 0 fully saturated rings. The Kier molecular flexibility index (Phi) is 10.9. The predicted molar refractivity (Wildman–Crippen MR) is 162 cm³/mol. The quantitative estimate of drug-likeness (QED) is 0.299. The van der Waals surface area contributed by atoms with E-state index in [-0.39, 0.29) is 23.4 Å². The van der Waals surface area contributed by atoms with Crippen molar-refractivity contribution in [3.05, 3.63) is 89.5 Å². The fraction of sp³-hybridized carbons (Fsp3) is 0.375. The summed E-state index contributed by atoms with van der Waals surface area (Å²) in [7, 11) is -4.13. The Morgan fingerprint density at radius 1 is 0.902 bits per heavy atom. The molecule has 0 unspecified atom stereocenters. The third kappa shape index (κ3) is 8.33. The van der Waals surface area contributed by atoms with Crippen LogP contribution in [0.2, 0.25) is 0 Å². The summed E-state index contributed by atoms with van der Waals surface area (Å²) in [6, 6.07) is 19.9. The number of amides is 2. The summed E-state index contributed by atoms with van der Waals surface area (Å²) in [6.45, 7) is 11.4. The summed E-state index contributed by atoms with van der Waals surface area (Å²) < 4.78 is 34.5. The van der Waals surface area contributed by atoms with E-state index in [9.17, 15) is 18.0 Å². The van der Waals surface area contributed by atoms with E-state index in [0.29, 0.717) is 18.0 Å². The van der Waals surface area contributed by atoms with E-state index in [1.807, 2.05) is 58.9 Å². The molecule has 0 bridgehead atoms. The Labute approximate surface area is 244 Å². The summed E-state index contributed by atoms with van der Waals surface area (Å²) in [6.07, 6.45) is 0.741. The Balaban J connectivity index is 2.03. The van der Waals surface area contributed by atoms with Gasteiger partial charge in [-0.05, 0) is 83.0 Å². The van der Waals surface area contributed by atoms with Gasteiger partial charge in [-0.15, -0.1) is 0 Å². The first-order valence-corrected chi connectivity index (χ1v) is 15.4. The lowest BCUT2D eigenvalue weighted by Gasteiger charge is -2.32. The molecule has 0 aromatic heterocycles. The zero-order valence-corrected chi connectivity index (χ0v) is 25.6. The van der Waals surface area contributed by atoms with E-state index in [1.165, 1.54) is 17.0 Å². The van der Waals surface area contributed by atoms with Crippen LogP contribution in [0, 0.1) is 13.8 Å². The lowest BCUT2D eigenvalue weighted by atomic mass is 10.1. The van der Waals surface area contributed by atoms with Crippen LogP contribution in [0.15, 0.2) is 77.7 Å². The number of aryl methyl sites for hydroxylation is 2. The van der Waals surface area contributed by atoms with Crippen LogP contribution in [-0.2, 0) is 26.2 Å². The number of carbonyl (C=O) groups is 2. The smallest absolute Gasteiger partial charge is 0.264 e. The molecule has 3 aromatic carbocycles. The first kappa shape index (κ1) is 31.7. The fourth-order valence-electron chi connectivity index (χ4n) is 4.30. The number of carbonyl (C=O) groups excluding carboxylic acids is 2. The Hall–Kier alpha value is -3.85. The highest BCUT2D eigenvalue weighted by atomic mass is 32.2. The van der Waals surface area contributed by atoms with Gasteiger partial charge < -0.3 is 15.0 Å². The standard InChI is InChI=1S/C32H41N3O5S/c1-7-25(5)33-32(37)26(6)34(21-27-11-9-10-24(4)20-27)31(36)22-35(28-14-16-29(17-15-28)40-8-2)41(38,39)30-18-12-23(3)13-19-30/h9-20,25-26H,7-8,21-22H2,1-6H3,(H,33,37)/t25-,26+/m0/s1. The number of hydrogen-bond donors (Lipinski definition) is 1. The summed E-state index contributed by atoms with van der Waals surface area (Å²) in [4.78, 5) is 28.7. The molecule has 3 rings (SSSR count). The number of anilines is 1. The van der Waals surface area contributed by atoms with Crippen LogP contribution in [0.4, 0.5) is 5.69 Å². The number of benzene rings is 3. The summed E-state index contributed by atoms with van der Waals surface area (Å²) in [5, 5.41) is 2.95. The maximum atomic E-state index is 14.0. The van der Waals surface area contributed by atoms with Gasteiger partial charge in [0.05, 0.1) is 17.2 Å². The Morgan fingerprint density at radius 3 is 2.15 bits per heavy atom. The van der Waals surface area contributed by atoms with Crippen LogP contribution in [-0.4, -0.2) is 50.4 Å². The third-order valence-electron chi connectivity index (χ3n) is 6.93. The molecule has 0 saturated carbocycles. The van der Waals surface area contributed by atoms with Gasteiger partial charge in [0, 0.05) is 12.6 Å². The number of rotatable bonds is 13. The third-order valence-corrected chi connectivity index (χ3v) is 8.72. The van der Waals surface area contributed by atoms with Crippen LogP contribution in [0.1, 0.15) is 50.8 Å². The van der Waals surface area contributed by atoms with E-state index >= 15 is 0 Å². The lowest BCUT2D eigenvalue weighted by Crippen LogP contribution is -2.52. The van der Waals surface area contributed by atoms with Gasteiger partial charge in [-0.25, -0.2) is 8.42 Å². The van der Waals surface area contributed by atoms with Crippen LogP contribution in [0.25, 0.3) is 0 Å². The average Bonchev–Trinajstić information content (AvgIpc) is 2.95. The van der Waals surface area contributed by atoms with Crippen molar-refractivity contribution >= 4 is 27.5 Å². The Bertz CT molecular complexity index is 1420. The lowest BCUT2D eigenvalue weighted by molar-refractivity contribution is -0.139. The second-order valence-corrected chi connectivity index (χ2v) is 12.1. The summed E-state index contributed by atoms with van der Waals surface area (Å²) in [5.74, 6) is -0.205. The van der Waals surface area contributed by atoms with Crippen molar-refractivity contribution in [3.8, 4) is 5.75 Å². The fourth-order valence-corrected chi connectivity index (χ4v) is 5.71. The highest BCUT2D eigenvalue weighted by Gasteiger charge is 2.32. The van der Waals surface area contributed by atoms with Crippen molar-refractivity contribution in [2.45, 2.75) is 71.5 Å². The zero-order valence-electron chi connectivity index (χ0n) is 24.8. The molecule has 0 heterocycles. The minimum atomic E-state index is -4.13. The second kappa shape index (κ2) is 14.2. The molecule has 220 valence electrons. The van der Waals surface area contributed by atoms with Gasteiger partial charge in [-0.2, -0.15) is 0 Å². The van der Waals surface area contributed by atoms with Crippen molar-refractivity contribution in [3.63, 3.8) is 0 Å². The molecule has 0 aliphatic carbocycles. The first-order chi connectivity index (χ1) is 19.5. The number of nitrogens with one attached hydrogen (secondary N) is 1. The van der Waals surface area contributed by atoms with Crippen molar-refractivity contribution in [1.29, 1.82) is 0 Å². The van der Waals surface area contributed by atoms with Gasteiger partial charge in [-0.1, -0.05) is 54.4 Å². The normalized spacial score (nSPS) is 12.7. The SMILES string of the molecule is CCOc1ccc(N(CC(=O)N(Cc2cccc(C)c2)[C@H](C)C(=O)N[C@@H](C)CC)S(=O)(=O)c2ccc(C)cc2)cc1. The monoisotopic (exact) mass is 579 g/mol. The molecule has 3 aromatic rings. The van der Waals surface area contributed by atoms with E-state index in [0.717, 1.165) is 27.4 Å². The molecular weight excluding hydrogens is 538 g/mol. The number of hydrogen-bond acceptors (Lipinski definition) is 5. The molecule has 1 N–H and O–H groups in total. The van der Waals surface area contributed by atoms with Gasteiger partial charge >= 0.3 is 0 Å². The highest BCUT2D eigenvalue weighted by Crippen LogP contribution is 2.27. The van der Waals surface area contributed by atoms with Crippen LogP contribution < -0.4 is 14.4 Å². The van der Waals surface area contributed by atoms with Gasteiger partial charge in [0.1, 0.15) is 18.3 Å².